The van der Waals surface area contributed by atoms with Crippen LogP contribution >= 0.6 is 0 Å². The third-order valence-electron chi connectivity index (χ3n) is 8.27. The van der Waals surface area contributed by atoms with E-state index in [4.69, 9.17) is 0 Å². The van der Waals surface area contributed by atoms with Gasteiger partial charge in [0.25, 0.3) is 0 Å². The number of allylic oxidation sites excluding steroid dienone is 1. The van der Waals surface area contributed by atoms with Gasteiger partial charge in [0.15, 0.2) is 0 Å². The number of rotatable bonds is 29. The van der Waals surface area contributed by atoms with Crippen molar-refractivity contribution in [3.8, 4) is 0 Å². The maximum Gasteiger partial charge on any atom is 0.110 e. The fourth-order valence-electron chi connectivity index (χ4n) is 5.15. The second-order valence-electron chi connectivity index (χ2n) is 12.7. The van der Waals surface area contributed by atoms with Crippen molar-refractivity contribution < 1.29 is 24.6 Å². The fourth-order valence-corrected chi connectivity index (χ4v) is 5.15. The molecule has 5 nitrogen and oxygen atoms in total. The Morgan fingerprint density at radius 3 is 0.930 bits per heavy atom. The highest BCUT2D eigenvalue weighted by Crippen LogP contribution is 2.12. The van der Waals surface area contributed by atoms with E-state index in [2.05, 4.69) is 48.5 Å². The monoisotopic (exact) mass is 611 g/mol. The first-order valence-electron chi connectivity index (χ1n) is 19.1. The van der Waals surface area contributed by atoms with Crippen LogP contribution in [0.2, 0.25) is 0 Å². The topological polar surface area (TPSA) is 72.1 Å². The van der Waals surface area contributed by atoms with Crippen LogP contribution in [0.4, 0.5) is 0 Å². The van der Waals surface area contributed by atoms with Gasteiger partial charge in [-0.15, -0.1) is 0 Å². The number of unbranched alkanes of at least 4 members (excludes halogenated alkanes) is 14. The van der Waals surface area contributed by atoms with Crippen LogP contribution in [0.5, 0.6) is 0 Å². The molecule has 0 aliphatic rings. The number of hydrogen-bond donors (Lipinski definition) is 2. The Bertz CT molecular complexity index is 494. The minimum Gasteiger partial charge on any atom is -0.889 e. The molecule has 0 aromatic rings. The normalized spacial score (nSPS) is 10.7. The molecule has 0 aromatic carbocycles. The molecule has 0 aliphatic carbocycles. The van der Waals surface area contributed by atoms with Crippen molar-refractivity contribution in [2.24, 2.45) is 0 Å². The third kappa shape index (κ3) is 39.3. The molecule has 43 heavy (non-hydrogen) atoms. The first-order valence-corrected chi connectivity index (χ1v) is 19.1. The van der Waals surface area contributed by atoms with Crippen LogP contribution in [0.3, 0.4) is 0 Å². The lowest BCUT2D eigenvalue weighted by atomic mass is 9.77. The zero-order valence-corrected chi connectivity index (χ0v) is 30.6. The molecule has 0 radical (unpaired) electrons. The summed E-state index contributed by atoms with van der Waals surface area (Å²) in [5, 5.41) is 20.9. The molecular formula is C37H79BN2O3. The van der Waals surface area contributed by atoms with Crippen molar-refractivity contribution in [3.05, 3.63) is 5.47 Å². The molecule has 0 fully saturated rings. The van der Waals surface area contributed by atoms with Crippen molar-refractivity contribution >= 4 is 13.1 Å². The molecule has 258 valence electrons. The Labute approximate surface area is 271 Å². The maximum absolute atomic E-state index is 10.5. The number of hydrogen-bond acceptors (Lipinski definition) is 3. The second-order valence-corrected chi connectivity index (χ2v) is 12.7. The van der Waals surface area contributed by atoms with Crippen LogP contribution in [-0.4, -0.2) is 52.3 Å². The van der Waals surface area contributed by atoms with E-state index in [1.165, 1.54) is 161 Å². The van der Waals surface area contributed by atoms with Gasteiger partial charge < -0.3 is 19.8 Å². The van der Waals surface area contributed by atoms with Gasteiger partial charge in [-0.25, -0.2) is 4.79 Å². The summed E-state index contributed by atoms with van der Waals surface area (Å²) in [6.07, 6.45) is 27.4. The quantitative estimate of drug-likeness (QED) is 0.0624. The van der Waals surface area contributed by atoms with Gasteiger partial charge in [0.05, 0.1) is 39.3 Å². The average molecular weight is 611 g/mol. The van der Waals surface area contributed by atoms with Gasteiger partial charge in [0.1, 0.15) is 5.94 Å². The predicted molar refractivity (Wildman–Crippen MR) is 187 cm³/mol. The lowest BCUT2D eigenvalue weighted by Gasteiger charge is -2.26. The zero-order valence-electron chi connectivity index (χ0n) is 30.6. The Balaban J connectivity index is -0.000000566. The number of nitrogens with one attached hydrogen (secondary N) is 2. The van der Waals surface area contributed by atoms with E-state index in [0.29, 0.717) is 6.42 Å². The highest BCUT2D eigenvalue weighted by Gasteiger charge is 2.06. The lowest BCUT2D eigenvalue weighted by molar-refractivity contribution is -0.900. The summed E-state index contributed by atoms with van der Waals surface area (Å²) < 4.78 is 0. The van der Waals surface area contributed by atoms with Crippen LogP contribution in [-0.2, 0) is 4.79 Å². The van der Waals surface area contributed by atoms with E-state index in [1.54, 1.807) is 0 Å². The number of carbonyl (C=O) groups excluding carboxylic acids is 1. The third-order valence-corrected chi connectivity index (χ3v) is 8.27. The molecule has 0 heterocycles. The summed E-state index contributed by atoms with van der Waals surface area (Å²) in [6, 6.07) is 0. The van der Waals surface area contributed by atoms with Crippen molar-refractivity contribution in [1.82, 2.24) is 0 Å². The molecule has 0 amide bonds. The van der Waals surface area contributed by atoms with Crippen LogP contribution < -0.4 is 19.8 Å². The predicted octanol–water partition coefficient (Wildman–Crippen LogP) is 5.96. The Morgan fingerprint density at radius 1 is 0.442 bits per heavy atom. The van der Waals surface area contributed by atoms with E-state index < -0.39 is 7.12 Å². The van der Waals surface area contributed by atoms with Gasteiger partial charge in [-0.3, -0.25) is 0 Å². The minimum absolute atomic E-state index is 0.145. The van der Waals surface area contributed by atoms with Crippen molar-refractivity contribution in [1.29, 1.82) is 0 Å². The van der Waals surface area contributed by atoms with Gasteiger partial charge in [-0.2, -0.15) is 0 Å². The molecule has 0 aromatic heterocycles. The van der Waals surface area contributed by atoms with Crippen molar-refractivity contribution in [2.45, 2.75) is 190 Å². The van der Waals surface area contributed by atoms with E-state index in [9.17, 15) is 14.8 Å². The fraction of sp³-hybridized carbons (Fsp3) is 0.946. The van der Waals surface area contributed by atoms with Crippen LogP contribution in [0.25, 0.3) is 0 Å². The van der Waals surface area contributed by atoms with Crippen molar-refractivity contribution in [2.75, 3.05) is 39.3 Å². The van der Waals surface area contributed by atoms with Gasteiger partial charge in [0.2, 0.25) is 0 Å². The molecular weight excluding hydrogens is 531 g/mol. The molecule has 0 bridgehead atoms. The van der Waals surface area contributed by atoms with Crippen LogP contribution in [0.15, 0.2) is 5.47 Å². The Morgan fingerprint density at radius 2 is 0.698 bits per heavy atom. The maximum atomic E-state index is 10.5. The largest absolute Gasteiger partial charge is 0.889 e. The number of quaternary nitrogens is 2. The smallest absolute Gasteiger partial charge is 0.110 e. The molecule has 0 aliphatic heterocycles. The highest BCUT2D eigenvalue weighted by molar-refractivity contribution is 6.49. The minimum atomic E-state index is -2.12. The first kappa shape index (κ1) is 46.8. The van der Waals surface area contributed by atoms with Crippen LogP contribution in [0, 0.1) is 0 Å². The van der Waals surface area contributed by atoms with E-state index in [1.807, 2.05) is 9.80 Å². The average Bonchev–Trinajstić information content (AvgIpc) is 3.01. The molecule has 0 spiro atoms. The van der Waals surface area contributed by atoms with Gasteiger partial charge in [-0.1, -0.05) is 151 Å². The molecule has 0 unspecified atom stereocenters. The summed E-state index contributed by atoms with van der Waals surface area (Å²) in [5.74, 6) is 1.47. The van der Waals surface area contributed by atoms with Gasteiger partial charge in [0, 0.05) is 0 Å². The Kier molecular flexibility index (Phi) is 45.0. The molecule has 0 rings (SSSR count). The molecule has 2 N–H and O–H groups in total. The first-order chi connectivity index (χ1) is 20.9. The summed E-state index contributed by atoms with van der Waals surface area (Å²) in [6.45, 7) is 24.3. The lowest BCUT2D eigenvalue weighted by Crippen LogP contribution is -3.12. The SMILES string of the molecule is CCCCCCCCCCCC(=C=O)B([O-])[O-].CCCC[NH+](CCCC)CCCC.CCCC[NH+](CCCC)CCCC. The second kappa shape index (κ2) is 41.4. The zero-order chi connectivity index (χ0) is 32.8. The standard InChI is InChI=1S/C13H23BO3.2C12H27N/c1-2-3-4-5-6-7-8-9-10-11-13(12-15)14(16)17;2*1-4-7-10-13(11-8-5-2)12-9-6-3/h2-11H2,1H3;2*4-12H2,1-3H3/q-2;;/p+2. The molecule has 0 saturated heterocycles. The summed E-state index contributed by atoms with van der Waals surface area (Å²) in [4.78, 5) is 13.9. The highest BCUT2D eigenvalue weighted by atomic mass is 16.4. The summed E-state index contributed by atoms with van der Waals surface area (Å²) in [5.41, 5.74) is -0.145. The molecule has 6 heteroatoms. The molecule has 0 atom stereocenters. The van der Waals surface area contributed by atoms with E-state index in [0.717, 1.165) is 19.3 Å². The molecule has 0 saturated carbocycles. The Hall–Kier alpha value is -0.645. The summed E-state index contributed by atoms with van der Waals surface area (Å²) >= 11 is 0. The van der Waals surface area contributed by atoms with E-state index >= 15 is 0 Å². The van der Waals surface area contributed by atoms with Crippen LogP contribution in [0.1, 0.15) is 190 Å². The van der Waals surface area contributed by atoms with Gasteiger partial charge >= 0.3 is 0 Å². The van der Waals surface area contributed by atoms with E-state index in [-0.39, 0.29) is 5.47 Å². The summed E-state index contributed by atoms with van der Waals surface area (Å²) in [7, 11) is -2.12. The van der Waals surface area contributed by atoms with Gasteiger partial charge in [-0.05, 0) is 51.4 Å². The van der Waals surface area contributed by atoms with Crippen molar-refractivity contribution in [3.63, 3.8) is 0 Å².